The topological polar surface area (TPSA) is 83.8 Å². The molecule has 3 aromatic rings. The Kier molecular flexibility index (Phi) is 7.28. The van der Waals surface area contributed by atoms with Crippen LogP contribution in [0, 0.1) is 13.8 Å². The molecule has 0 spiro atoms. The molecule has 0 saturated heterocycles. The summed E-state index contributed by atoms with van der Waals surface area (Å²) in [5.74, 6) is -0.567. The second kappa shape index (κ2) is 9.77. The van der Waals surface area contributed by atoms with Crippen molar-refractivity contribution in [3.05, 3.63) is 81.6 Å². The molecular weight excluding hydrogens is 471 g/mol. The van der Waals surface area contributed by atoms with Gasteiger partial charge in [-0.15, -0.1) is 0 Å². The maximum atomic E-state index is 12.4. The fraction of sp³-hybridized carbons (Fsp3) is 0.182. The van der Waals surface area contributed by atoms with Gasteiger partial charge in [-0.2, -0.15) is 5.10 Å². The molecule has 1 heterocycles. The number of nitrogens with one attached hydrogen (secondary N) is 1. The van der Waals surface area contributed by atoms with Crippen LogP contribution >= 0.6 is 23.2 Å². The van der Waals surface area contributed by atoms with E-state index in [1.165, 1.54) is 6.21 Å². The molecule has 1 N–H and O–H groups in total. The number of hydrogen-bond acceptors (Lipinski definition) is 4. The van der Waals surface area contributed by atoms with Crippen LogP contribution in [-0.4, -0.2) is 37.9 Å². The first-order valence-electron chi connectivity index (χ1n) is 9.57. The molecular formula is C22H22Cl2N4O3S. The molecule has 1 aromatic heterocycles. The fourth-order valence-corrected chi connectivity index (χ4v) is 4.50. The molecule has 0 saturated carbocycles. The van der Waals surface area contributed by atoms with E-state index in [0.717, 1.165) is 33.2 Å². The van der Waals surface area contributed by atoms with E-state index in [2.05, 4.69) is 10.5 Å². The van der Waals surface area contributed by atoms with Gasteiger partial charge < -0.3 is 4.57 Å². The van der Waals surface area contributed by atoms with Crippen molar-refractivity contribution in [1.29, 1.82) is 0 Å². The quantitative estimate of drug-likeness (QED) is 0.393. The summed E-state index contributed by atoms with van der Waals surface area (Å²) >= 11 is 12.5. The van der Waals surface area contributed by atoms with E-state index in [0.29, 0.717) is 15.7 Å². The van der Waals surface area contributed by atoms with Crippen molar-refractivity contribution in [2.24, 2.45) is 5.10 Å². The predicted octanol–water partition coefficient (Wildman–Crippen LogP) is 4.32. The number of hydrogen-bond donors (Lipinski definition) is 1. The van der Waals surface area contributed by atoms with Crippen LogP contribution in [0.15, 0.2) is 59.7 Å². The maximum Gasteiger partial charge on any atom is 0.260 e. The van der Waals surface area contributed by atoms with Gasteiger partial charge >= 0.3 is 0 Å². The number of anilines is 1. The number of benzene rings is 2. The molecule has 10 heteroatoms. The lowest BCUT2D eigenvalue weighted by Gasteiger charge is -2.21. The highest BCUT2D eigenvalue weighted by Gasteiger charge is 2.20. The third-order valence-corrected chi connectivity index (χ3v) is 6.44. The second-order valence-electron chi connectivity index (χ2n) is 7.16. The first kappa shape index (κ1) is 23.8. The largest absolute Gasteiger partial charge is 0.316 e. The Bertz CT molecular complexity index is 1270. The summed E-state index contributed by atoms with van der Waals surface area (Å²) in [6.45, 7) is 3.43. The summed E-state index contributed by atoms with van der Waals surface area (Å²) in [7, 11) is -3.64. The number of halogens is 2. The number of aryl methyl sites for hydroxylation is 1. The minimum atomic E-state index is -3.64. The zero-order valence-corrected chi connectivity index (χ0v) is 20.0. The first-order valence-corrected chi connectivity index (χ1v) is 12.2. The van der Waals surface area contributed by atoms with Gasteiger partial charge in [-0.3, -0.25) is 9.10 Å². The standard InChI is InChI=1S/C22H22Cl2N4O3S/c1-15-11-17(16(2)28(15)21-12-18(23)9-10-20(21)24)13-25-26-22(29)14-27(32(3,30)31)19-7-5-4-6-8-19/h4-13H,14H2,1-3H3,(H,26,29)/b25-13-. The van der Waals surface area contributed by atoms with Crippen LogP contribution in [0.1, 0.15) is 17.0 Å². The van der Waals surface area contributed by atoms with Gasteiger partial charge in [-0.1, -0.05) is 41.4 Å². The molecule has 0 bridgehead atoms. The van der Waals surface area contributed by atoms with Gasteiger partial charge in [0, 0.05) is 22.0 Å². The van der Waals surface area contributed by atoms with Crippen molar-refractivity contribution < 1.29 is 13.2 Å². The second-order valence-corrected chi connectivity index (χ2v) is 9.91. The van der Waals surface area contributed by atoms with Crippen LogP contribution in [0.2, 0.25) is 10.0 Å². The smallest absolute Gasteiger partial charge is 0.260 e. The van der Waals surface area contributed by atoms with Crippen molar-refractivity contribution >= 4 is 51.0 Å². The monoisotopic (exact) mass is 492 g/mol. The van der Waals surface area contributed by atoms with Gasteiger partial charge in [0.15, 0.2) is 0 Å². The van der Waals surface area contributed by atoms with Gasteiger partial charge in [0.25, 0.3) is 5.91 Å². The number of rotatable bonds is 7. The molecule has 0 fully saturated rings. The highest BCUT2D eigenvalue weighted by molar-refractivity contribution is 7.92. The minimum absolute atomic E-state index is 0.392. The number of sulfonamides is 1. The lowest BCUT2D eigenvalue weighted by atomic mass is 10.2. The fourth-order valence-electron chi connectivity index (χ4n) is 3.28. The van der Waals surface area contributed by atoms with E-state index < -0.39 is 22.5 Å². The summed E-state index contributed by atoms with van der Waals surface area (Å²) in [5.41, 5.74) is 6.06. The van der Waals surface area contributed by atoms with Crippen LogP contribution in [0.3, 0.4) is 0 Å². The van der Waals surface area contributed by atoms with E-state index in [4.69, 9.17) is 23.2 Å². The number of aromatic nitrogens is 1. The summed E-state index contributed by atoms with van der Waals surface area (Å²) in [4.78, 5) is 12.4. The number of amides is 1. The Morgan fingerprint density at radius 1 is 1.12 bits per heavy atom. The normalized spacial score (nSPS) is 11.7. The van der Waals surface area contributed by atoms with Gasteiger partial charge in [-0.25, -0.2) is 13.8 Å². The molecule has 2 aromatic carbocycles. The Morgan fingerprint density at radius 2 is 1.81 bits per heavy atom. The number of nitrogens with zero attached hydrogens (tertiary/aromatic N) is 3. The molecule has 32 heavy (non-hydrogen) atoms. The Morgan fingerprint density at radius 3 is 2.47 bits per heavy atom. The van der Waals surface area contributed by atoms with Gasteiger partial charge in [0.05, 0.1) is 28.9 Å². The van der Waals surface area contributed by atoms with Crippen LogP contribution in [0.4, 0.5) is 5.69 Å². The average molecular weight is 493 g/mol. The number of carbonyl (C=O) groups is 1. The maximum absolute atomic E-state index is 12.4. The van der Waals surface area contributed by atoms with Crippen LogP contribution in [0.25, 0.3) is 5.69 Å². The number of carbonyl (C=O) groups excluding carboxylic acids is 1. The Balaban J connectivity index is 1.76. The molecule has 168 valence electrons. The van der Waals surface area contributed by atoms with Crippen LogP contribution in [-0.2, 0) is 14.8 Å². The van der Waals surface area contributed by atoms with Crippen molar-refractivity contribution in [3.8, 4) is 5.69 Å². The molecule has 0 aliphatic carbocycles. The Hall–Kier alpha value is -2.81. The van der Waals surface area contributed by atoms with Crippen molar-refractivity contribution in [1.82, 2.24) is 9.99 Å². The summed E-state index contributed by atoms with van der Waals surface area (Å²) in [6.07, 6.45) is 2.55. The molecule has 1 amide bonds. The first-order chi connectivity index (χ1) is 15.1. The average Bonchev–Trinajstić information content (AvgIpc) is 3.01. The van der Waals surface area contributed by atoms with Crippen molar-refractivity contribution in [2.75, 3.05) is 17.1 Å². The lowest BCUT2D eigenvalue weighted by molar-refractivity contribution is -0.119. The number of hydrazone groups is 1. The van der Waals surface area contributed by atoms with Gasteiger partial charge in [0.2, 0.25) is 10.0 Å². The summed E-state index contributed by atoms with van der Waals surface area (Å²) in [5, 5.41) is 5.11. The highest BCUT2D eigenvalue weighted by atomic mass is 35.5. The lowest BCUT2D eigenvalue weighted by Crippen LogP contribution is -2.38. The predicted molar refractivity (Wildman–Crippen MR) is 130 cm³/mol. The van der Waals surface area contributed by atoms with E-state index in [1.807, 2.05) is 24.5 Å². The molecule has 0 aliphatic rings. The highest BCUT2D eigenvalue weighted by Crippen LogP contribution is 2.28. The van der Waals surface area contributed by atoms with Crippen molar-refractivity contribution in [3.63, 3.8) is 0 Å². The summed E-state index contributed by atoms with van der Waals surface area (Å²) in [6, 6.07) is 15.5. The van der Waals surface area contributed by atoms with E-state index in [1.54, 1.807) is 48.5 Å². The molecule has 7 nitrogen and oxygen atoms in total. The molecule has 3 rings (SSSR count). The van der Waals surface area contributed by atoms with E-state index in [-0.39, 0.29) is 0 Å². The molecule has 0 aliphatic heterocycles. The molecule has 0 radical (unpaired) electrons. The van der Waals surface area contributed by atoms with E-state index >= 15 is 0 Å². The minimum Gasteiger partial charge on any atom is -0.316 e. The molecule has 0 atom stereocenters. The number of para-hydroxylation sites is 1. The third kappa shape index (κ3) is 5.51. The Labute approximate surface area is 197 Å². The zero-order valence-electron chi connectivity index (χ0n) is 17.7. The van der Waals surface area contributed by atoms with E-state index in [9.17, 15) is 13.2 Å². The SMILES string of the molecule is Cc1cc(/C=N\NC(=O)CN(c2ccccc2)S(C)(=O)=O)c(C)n1-c1cc(Cl)ccc1Cl. The zero-order chi connectivity index (χ0) is 23.5. The summed E-state index contributed by atoms with van der Waals surface area (Å²) < 4.78 is 27.2. The van der Waals surface area contributed by atoms with Crippen LogP contribution in [0.5, 0.6) is 0 Å². The molecule has 0 unspecified atom stereocenters. The van der Waals surface area contributed by atoms with Crippen molar-refractivity contribution in [2.45, 2.75) is 13.8 Å². The van der Waals surface area contributed by atoms with Crippen LogP contribution < -0.4 is 9.73 Å². The third-order valence-electron chi connectivity index (χ3n) is 4.74. The van der Waals surface area contributed by atoms with Gasteiger partial charge in [-0.05, 0) is 50.2 Å². The van der Waals surface area contributed by atoms with Gasteiger partial charge in [0.1, 0.15) is 6.54 Å².